The fraction of sp³-hybridized carbons (Fsp3) is 0. The lowest BCUT2D eigenvalue weighted by Gasteiger charge is -2.28. The van der Waals surface area contributed by atoms with Gasteiger partial charge in [-0.2, -0.15) is 0 Å². The minimum Gasteiger partial charge on any atom is -0.310 e. The van der Waals surface area contributed by atoms with Gasteiger partial charge in [0.1, 0.15) is 0 Å². The SMILES string of the molecule is c1ccc(N(c2ccc(-c3ccc4ccccc4c3)cc2)c2cc(-n3c4ccccc4c4cc5ccccc5cc43)cc3ccccc23)cc1. The molecule has 0 aliphatic rings. The lowest BCUT2D eigenvalue weighted by Crippen LogP contribution is -2.11. The largest absolute Gasteiger partial charge is 0.310 e. The Hall–Kier alpha value is -6.64. The summed E-state index contributed by atoms with van der Waals surface area (Å²) < 4.78 is 2.44. The van der Waals surface area contributed by atoms with E-state index in [0.717, 1.165) is 22.7 Å². The molecule has 0 bridgehead atoms. The molecule has 0 saturated heterocycles. The summed E-state index contributed by atoms with van der Waals surface area (Å²) in [5, 5.41) is 9.91. The second-order valence-corrected chi connectivity index (χ2v) is 13.0. The molecule has 9 aromatic carbocycles. The molecular formula is C48H32N2. The van der Waals surface area contributed by atoms with Gasteiger partial charge in [0.25, 0.3) is 0 Å². The van der Waals surface area contributed by atoms with Gasteiger partial charge in [0.15, 0.2) is 0 Å². The second-order valence-electron chi connectivity index (χ2n) is 13.0. The maximum absolute atomic E-state index is 2.44. The third-order valence-corrected chi connectivity index (χ3v) is 10.1. The molecule has 10 rings (SSSR count). The van der Waals surface area contributed by atoms with Gasteiger partial charge in [0, 0.05) is 33.2 Å². The van der Waals surface area contributed by atoms with Gasteiger partial charge in [0.2, 0.25) is 0 Å². The molecule has 50 heavy (non-hydrogen) atoms. The van der Waals surface area contributed by atoms with Gasteiger partial charge < -0.3 is 9.47 Å². The number of nitrogens with zero attached hydrogens (tertiary/aromatic N) is 2. The first kappa shape index (κ1) is 28.4. The van der Waals surface area contributed by atoms with Crippen molar-refractivity contribution >= 4 is 71.2 Å². The molecule has 0 aliphatic carbocycles. The van der Waals surface area contributed by atoms with E-state index in [1.807, 2.05) is 0 Å². The van der Waals surface area contributed by atoms with Crippen LogP contribution in [-0.4, -0.2) is 4.57 Å². The predicted molar refractivity (Wildman–Crippen MR) is 213 cm³/mol. The molecule has 234 valence electrons. The van der Waals surface area contributed by atoms with Crippen LogP contribution in [0.4, 0.5) is 17.1 Å². The molecule has 0 radical (unpaired) electrons. The Morgan fingerprint density at radius 1 is 0.320 bits per heavy atom. The normalized spacial score (nSPS) is 11.6. The van der Waals surface area contributed by atoms with E-state index < -0.39 is 0 Å². The van der Waals surface area contributed by atoms with Crippen LogP contribution in [0.25, 0.3) is 70.9 Å². The average molecular weight is 637 g/mol. The minimum absolute atomic E-state index is 1.11. The summed E-state index contributed by atoms with van der Waals surface area (Å²) in [5.41, 5.74) is 9.31. The molecule has 0 fully saturated rings. The van der Waals surface area contributed by atoms with E-state index >= 15 is 0 Å². The molecule has 2 heteroatoms. The number of fused-ring (bicyclic) bond motifs is 6. The molecule has 10 aromatic rings. The lowest BCUT2D eigenvalue weighted by atomic mass is 10.0. The highest BCUT2D eigenvalue weighted by Gasteiger charge is 2.19. The van der Waals surface area contributed by atoms with Crippen LogP contribution in [-0.2, 0) is 0 Å². The van der Waals surface area contributed by atoms with E-state index in [2.05, 4.69) is 204 Å². The number of para-hydroxylation sites is 2. The highest BCUT2D eigenvalue weighted by Crippen LogP contribution is 2.43. The Balaban J connectivity index is 1.20. The summed E-state index contributed by atoms with van der Waals surface area (Å²) in [6.45, 7) is 0. The molecule has 1 aromatic heterocycles. The summed E-state index contributed by atoms with van der Waals surface area (Å²) in [6.07, 6.45) is 0. The van der Waals surface area contributed by atoms with Crippen LogP contribution in [0.2, 0.25) is 0 Å². The molecule has 0 unspecified atom stereocenters. The lowest BCUT2D eigenvalue weighted by molar-refractivity contribution is 1.18. The molecule has 0 amide bonds. The molecule has 0 saturated carbocycles. The molecule has 0 atom stereocenters. The summed E-state index contributed by atoms with van der Waals surface area (Å²) in [6, 6.07) is 70.6. The van der Waals surface area contributed by atoms with Crippen molar-refractivity contribution in [1.82, 2.24) is 4.57 Å². The van der Waals surface area contributed by atoms with E-state index in [-0.39, 0.29) is 0 Å². The minimum atomic E-state index is 1.11. The van der Waals surface area contributed by atoms with Crippen LogP contribution in [0.5, 0.6) is 0 Å². The Bertz CT molecular complexity index is 2860. The smallest absolute Gasteiger partial charge is 0.0560 e. The van der Waals surface area contributed by atoms with Crippen LogP contribution >= 0.6 is 0 Å². The highest BCUT2D eigenvalue weighted by molar-refractivity contribution is 6.14. The maximum Gasteiger partial charge on any atom is 0.0560 e. The van der Waals surface area contributed by atoms with Gasteiger partial charge in [-0.15, -0.1) is 0 Å². The standard InChI is InChI=1S/C48H32N2/c1-2-17-40(18-3-1)49(41-26-24-34(25-27-41)38-23-22-33-12-4-5-13-35(33)28-38)48-32-42(29-39-16-8-9-19-43(39)48)50-46-21-11-10-20-44(46)45-30-36-14-6-7-15-37(36)31-47(45)50/h1-32H. The zero-order valence-corrected chi connectivity index (χ0v) is 27.4. The molecule has 0 N–H and O–H groups in total. The van der Waals surface area contributed by atoms with Gasteiger partial charge in [-0.3, -0.25) is 0 Å². The van der Waals surface area contributed by atoms with Crippen LogP contribution in [0.1, 0.15) is 0 Å². The molecular weight excluding hydrogens is 605 g/mol. The van der Waals surface area contributed by atoms with Crippen molar-refractivity contribution in [3.05, 3.63) is 194 Å². The first-order valence-electron chi connectivity index (χ1n) is 17.2. The quantitative estimate of drug-likeness (QED) is 0.182. The van der Waals surface area contributed by atoms with Crippen molar-refractivity contribution in [2.24, 2.45) is 0 Å². The first-order valence-corrected chi connectivity index (χ1v) is 17.2. The Labute approximate surface area is 290 Å². The summed E-state index contributed by atoms with van der Waals surface area (Å²) >= 11 is 0. The molecule has 0 spiro atoms. The number of anilines is 3. The number of aromatic nitrogens is 1. The van der Waals surface area contributed by atoms with Crippen molar-refractivity contribution < 1.29 is 0 Å². The maximum atomic E-state index is 2.44. The van der Waals surface area contributed by atoms with Crippen LogP contribution in [0.15, 0.2) is 194 Å². The van der Waals surface area contributed by atoms with E-state index in [0.29, 0.717) is 0 Å². The summed E-state index contributed by atoms with van der Waals surface area (Å²) in [4.78, 5) is 2.40. The highest BCUT2D eigenvalue weighted by atomic mass is 15.1. The van der Waals surface area contributed by atoms with Gasteiger partial charge in [-0.05, 0) is 98.7 Å². The van der Waals surface area contributed by atoms with Gasteiger partial charge in [-0.1, -0.05) is 133 Å². The number of hydrogen-bond donors (Lipinski definition) is 0. The Morgan fingerprint density at radius 3 is 1.68 bits per heavy atom. The number of rotatable bonds is 5. The van der Waals surface area contributed by atoms with Gasteiger partial charge >= 0.3 is 0 Å². The van der Waals surface area contributed by atoms with Crippen molar-refractivity contribution in [1.29, 1.82) is 0 Å². The third-order valence-electron chi connectivity index (χ3n) is 10.1. The van der Waals surface area contributed by atoms with Crippen molar-refractivity contribution in [3.63, 3.8) is 0 Å². The molecule has 0 aliphatic heterocycles. The fourth-order valence-corrected chi connectivity index (χ4v) is 7.70. The second kappa shape index (κ2) is 11.5. The zero-order chi connectivity index (χ0) is 33.0. The molecule has 2 nitrogen and oxygen atoms in total. The van der Waals surface area contributed by atoms with Crippen molar-refractivity contribution in [2.75, 3.05) is 4.90 Å². The van der Waals surface area contributed by atoms with E-state index in [4.69, 9.17) is 0 Å². The van der Waals surface area contributed by atoms with E-state index in [1.165, 1.54) is 65.3 Å². The van der Waals surface area contributed by atoms with E-state index in [9.17, 15) is 0 Å². The van der Waals surface area contributed by atoms with E-state index in [1.54, 1.807) is 0 Å². The summed E-state index contributed by atoms with van der Waals surface area (Å²) in [5.74, 6) is 0. The van der Waals surface area contributed by atoms with Crippen molar-refractivity contribution in [2.45, 2.75) is 0 Å². The monoisotopic (exact) mass is 636 g/mol. The summed E-state index contributed by atoms with van der Waals surface area (Å²) in [7, 11) is 0. The third kappa shape index (κ3) is 4.65. The van der Waals surface area contributed by atoms with Crippen LogP contribution in [0, 0.1) is 0 Å². The van der Waals surface area contributed by atoms with Crippen LogP contribution < -0.4 is 4.90 Å². The number of benzene rings is 9. The zero-order valence-electron chi connectivity index (χ0n) is 27.4. The Morgan fingerprint density at radius 2 is 0.900 bits per heavy atom. The number of hydrogen-bond acceptors (Lipinski definition) is 1. The van der Waals surface area contributed by atoms with Crippen molar-refractivity contribution in [3.8, 4) is 16.8 Å². The fourth-order valence-electron chi connectivity index (χ4n) is 7.70. The predicted octanol–water partition coefficient (Wildman–Crippen LogP) is 13.4. The van der Waals surface area contributed by atoms with Gasteiger partial charge in [0.05, 0.1) is 16.7 Å². The van der Waals surface area contributed by atoms with Gasteiger partial charge in [-0.25, -0.2) is 0 Å². The topological polar surface area (TPSA) is 8.17 Å². The first-order chi connectivity index (χ1) is 24.8. The molecule has 1 heterocycles. The average Bonchev–Trinajstić information content (AvgIpc) is 3.50. The van der Waals surface area contributed by atoms with Crippen LogP contribution in [0.3, 0.4) is 0 Å². The Kier molecular flexibility index (Phi) is 6.53.